The van der Waals surface area contributed by atoms with E-state index < -0.39 is 11.5 Å². The van der Waals surface area contributed by atoms with Crippen LogP contribution in [0.15, 0.2) is 0 Å². The van der Waals surface area contributed by atoms with Gasteiger partial charge in [-0.15, -0.1) is 0 Å². The zero-order chi connectivity index (χ0) is 13.6. The highest BCUT2D eigenvalue weighted by atomic mass is 32.2. The summed E-state index contributed by atoms with van der Waals surface area (Å²) in [6.07, 6.45) is 5.45. The van der Waals surface area contributed by atoms with E-state index in [9.17, 15) is 9.59 Å². The lowest BCUT2D eigenvalue weighted by Crippen LogP contribution is -2.58. The minimum Gasteiger partial charge on any atom is -0.481 e. The van der Waals surface area contributed by atoms with E-state index in [1.165, 1.54) is 0 Å². The number of carbonyl (C=O) groups is 2. The molecule has 0 aromatic rings. The Morgan fingerprint density at radius 3 is 2.56 bits per heavy atom. The van der Waals surface area contributed by atoms with Crippen molar-refractivity contribution in [1.29, 1.82) is 0 Å². The van der Waals surface area contributed by atoms with Crippen LogP contribution in [0.2, 0.25) is 0 Å². The summed E-state index contributed by atoms with van der Waals surface area (Å²) in [6, 6.07) is -0.135. The first-order chi connectivity index (χ1) is 8.47. The average Bonchev–Trinajstić information content (AvgIpc) is 2.22. The van der Waals surface area contributed by atoms with Crippen molar-refractivity contribution in [2.45, 2.75) is 50.6 Å². The van der Waals surface area contributed by atoms with E-state index in [1.807, 2.05) is 13.2 Å². The third-order valence-electron chi connectivity index (χ3n) is 3.31. The van der Waals surface area contributed by atoms with E-state index in [0.29, 0.717) is 0 Å². The summed E-state index contributed by atoms with van der Waals surface area (Å²) >= 11 is 1.74. The Morgan fingerprint density at radius 1 is 1.44 bits per heavy atom. The summed E-state index contributed by atoms with van der Waals surface area (Å²) in [4.78, 5) is 22.6. The highest BCUT2D eigenvalue weighted by Crippen LogP contribution is 2.34. The fraction of sp³-hybridized carbons (Fsp3) is 0.833. The molecule has 1 aliphatic carbocycles. The van der Waals surface area contributed by atoms with Crippen LogP contribution < -0.4 is 10.6 Å². The molecule has 1 rings (SSSR count). The number of hydrogen-bond donors (Lipinski definition) is 3. The maximum absolute atomic E-state index is 11.8. The molecule has 18 heavy (non-hydrogen) atoms. The Labute approximate surface area is 112 Å². The van der Waals surface area contributed by atoms with E-state index in [-0.39, 0.29) is 18.5 Å². The molecule has 1 unspecified atom stereocenters. The molecule has 1 aliphatic rings. The third-order valence-corrected chi connectivity index (χ3v) is 3.96. The van der Waals surface area contributed by atoms with Gasteiger partial charge in [0, 0.05) is 6.04 Å². The molecule has 1 atom stereocenters. The van der Waals surface area contributed by atoms with Gasteiger partial charge in [0.25, 0.3) is 0 Å². The molecule has 0 aromatic carbocycles. The largest absolute Gasteiger partial charge is 0.481 e. The fourth-order valence-electron chi connectivity index (χ4n) is 2.11. The monoisotopic (exact) mass is 274 g/mol. The van der Waals surface area contributed by atoms with Crippen LogP contribution in [0.25, 0.3) is 0 Å². The maximum Gasteiger partial charge on any atom is 0.315 e. The third kappa shape index (κ3) is 4.76. The van der Waals surface area contributed by atoms with Crippen LogP contribution in [0.1, 0.15) is 39.0 Å². The van der Waals surface area contributed by atoms with Crippen molar-refractivity contribution in [3.05, 3.63) is 0 Å². The molecule has 0 aliphatic heterocycles. The Hall–Kier alpha value is -0.910. The number of carbonyl (C=O) groups excluding carboxylic acids is 1. The number of urea groups is 1. The number of amides is 2. The average molecular weight is 274 g/mol. The molecule has 6 heteroatoms. The lowest BCUT2D eigenvalue weighted by atomic mass is 9.74. The van der Waals surface area contributed by atoms with Gasteiger partial charge >= 0.3 is 12.0 Å². The molecule has 0 radical (unpaired) electrons. The van der Waals surface area contributed by atoms with Crippen LogP contribution in [-0.2, 0) is 4.79 Å². The van der Waals surface area contributed by atoms with Crippen LogP contribution in [0.3, 0.4) is 0 Å². The number of aliphatic carboxylic acids is 1. The van der Waals surface area contributed by atoms with Crippen LogP contribution in [0, 0.1) is 0 Å². The summed E-state index contributed by atoms with van der Waals surface area (Å²) in [7, 11) is 0. The van der Waals surface area contributed by atoms with Gasteiger partial charge < -0.3 is 15.7 Å². The first kappa shape index (κ1) is 15.1. The van der Waals surface area contributed by atoms with Gasteiger partial charge in [-0.2, -0.15) is 11.8 Å². The molecule has 0 spiro atoms. The van der Waals surface area contributed by atoms with Gasteiger partial charge in [-0.25, -0.2) is 4.79 Å². The number of thioether (sulfide) groups is 1. The van der Waals surface area contributed by atoms with E-state index in [2.05, 4.69) is 10.6 Å². The molecule has 0 bridgehead atoms. The molecule has 0 saturated heterocycles. The molecule has 1 saturated carbocycles. The van der Waals surface area contributed by atoms with Gasteiger partial charge in [-0.3, -0.25) is 4.79 Å². The molecular formula is C12H22N2O3S. The molecule has 0 heterocycles. The zero-order valence-electron chi connectivity index (χ0n) is 11.0. The molecule has 2 amide bonds. The first-order valence-electron chi connectivity index (χ1n) is 6.27. The topological polar surface area (TPSA) is 78.4 Å². The molecule has 104 valence electrons. The van der Waals surface area contributed by atoms with Crippen LogP contribution in [0.4, 0.5) is 4.79 Å². The van der Waals surface area contributed by atoms with Crippen molar-refractivity contribution in [1.82, 2.24) is 10.6 Å². The molecular weight excluding hydrogens is 252 g/mol. The smallest absolute Gasteiger partial charge is 0.315 e. The Kier molecular flexibility index (Phi) is 5.78. The second-order valence-corrected chi connectivity index (χ2v) is 5.97. The molecule has 0 aromatic heterocycles. The maximum atomic E-state index is 11.8. The molecule has 5 nitrogen and oxygen atoms in total. The highest BCUT2D eigenvalue weighted by Gasteiger charge is 2.40. The summed E-state index contributed by atoms with van der Waals surface area (Å²) in [5, 5.41) is 14.5. The van der Waals surface area contributed by atoms with Gasteiger partial charge in [0.2, 0.25) is 0 Å². The standard InChI is InChI=1S/C12H22N2O3S/c1-9(4-7-18-2)13-11(17)14-12(5-3-6-12)8-10(15)16/h9H,3-8H2,1-2H3,(H,15,16)(H2,13,14,17). The minimum atomic E-state index is -0.856. The molecule has 1 fully saturated rings. The molecule has 3 N–H and O–H groups in total. The minimum absolute atomic E-state index is 0.0135. The van der Waals surface area contributed by atoms with Gasteiger partial charge in [0.05, 0.1) is 12.0 Å². The fourth-order valence-corrected chi connectivity index (χ4v) is 2.70. The van der Waals surface area contributed by atoms with E-state index in [1.54, 1.807) is 11.8 Å². The van der Waals surface area contributed by atoms with Gasteiger partial charge in [-0.05, 0) is 44.6 Å². The second kappa shape index (κ2) is 6.87. The van der Waals surface area contributed by atoms with Crippen LogP contribution in [0.5, 0.6) is 0 Å². The Balaban J connectivity index is 2.36. The van der Waals surface area contributed by atoms with Crippen molar-refractivity contribution >= 4 is 23.8 Å². The number of rotatable bonds is 7. The quantitative estimate of drug-likeness (QED) is 0.662. The van der Waals surface area contributed by atoms with Gasteiger partial charge in [-0.1, -0.05) is 0 Å². The second-order valence-electron chi connectivity index (χ2n) is 4.99. The summed E-state index contributed by atoms with van der Waals surface area (Å²) in [6.45, 7) is 1.96. The van der Waals surface area contributed by atoms with E-state index >= 15 is 0 Å². The van der Waals surface area contributed by atoms with Crippen LogP contribution in [-0.4, -0.2) is 40.7 Å². The summed E-state index contributed by atoms with van der Waals surface area (Å²) in [5.41, 5.74) is -0.519. The normalized spacial score (nSPS) is 18.6. The van der Waals surface area contributed by atoms with Crippen molar-refractivity contribution in [2.75, 3.05) is 12.0 Å². The van der Waals surface area contributed by atoms with Crippen molar-refractivity contribution in [3.63, 3.8) is 0 Å². The van der Waals surface area contributed by atoms with Gasteiger partial charge in [0.15, 0.2) is 0 Å². The number of carboxylic acid groups (broad SMARTS) is 1. The van der Waals surface area contributed by atoms with Crippen molar-refractivity contribution in [3.8, 4) is 0 Å². The first-order valence-corrected chi connectivity index (χ1v) is 7.66. The van der Waals surface area contributed by atoms with E-state index in [4.69, 9.17) is 5.11 Å². The SMILES string of the molecule is CSCCC(C)NC(=O)NC1(CC(=O)O)CCC1. The number of hydrogen-bond acceptors (Lipinski definition) is 3. The number of nitrogens with one attached hydrogen (secondary N) is 2. The number of carboxylic acids is 1. The van der Waals surface area contributed by atoms with Crippen LogP contribution >= 0.6 is 11.8 Å². The van der Waals surface area contributed by atoms with Gasteiger partial charge in [0.1, 0.15) is 0 Å². The van der Waals surface area contributed by atoms with Crippen molar-refractivity contribution in [2.24, 2.45) is 0 Å². The summed E-state index contributed by atoms with van der Waals surface area (Å²) < 4.78 is 0. The highest BCUT2D eigenvalue weighted by molar-refractivity contribution is 7.98. The predicted octanol–water partition coefficient (Wildman–Crippen LogP) is 1.82. The Bertz CT molecular complexity index is 306. The predicted molar refractivity (Wildman–Crippen MR) is 73.0 cm³/mol. The lowest BCUT2D eigenvalue weighted by molar-refractivity contribution is -0.139. The van der Waals surface area contributed by atoms with Crippen molar-refractivity contribution < 1.29 is 14.7 Å². The van der Waals surface area contributed by atoms with E-state index in [0.717, 1.165) is 31.4 Å². The Morgan fingerprint density at radius 2 is 2.11 bits per heavy atom. The lowest BCUT2D eigenvalue weighted by Gasteiger charge is -2.41. The summed E-state index contributed by atoms with van der Waals surface area (Å²) in [5.74, 6) is 0.146. The zero-order valence-corrected chi connectivity index (χ0v) is 11.8.